The van der Waals surface area contributed by atoms with Gasteiger partial charge in [-0.2, -0.15) is 0 Å². The van der Waals surface area contributed by atoms with Gasteiger partial charge >= 0.3 is 6.09 Å². The van der Waals surface area contributed by atoms with E-state index in [2.05, 4.69) is 20.0 Å². The van der Waals surface area contributed by atoms with E-state index in [9.17, 15) is 4.79 Å². The van der Waals surface area contributed by atoms with Crippen LogP contribution in [0.15, 0.2) is 29.6 Å². The van der Waals surface area contributed by atoms with Gasteiger partial charge in [0.25, 0.3) is 0 Å². The maximum atomic E-state index is 12.4. The average molecular weight is 386 g/mol. The quantitative estimate of drug-likeness (QED) is 0.451. The molecular formula is C18H22N6O4. The van der Waals surface area contributed by atoms with Crippen molar-refractivity contribution in [2.24, 2.45) is 5.11 Å². The second-order valence-electron chi connectivity index (χ2n) is 7.38. The van der Waals surface area contributed by atoms with Gasteiger partial charge in [0.05, 0.1) is 30.6 Å². The Bertz CT molecular complexity index is 922. The third-order valence-electron chi connectivity index (χ3n) is 4.16. The lowest BCUT2D eigenvalue weighted by Gasteiger charge is -2.24. The van der Waals surface area contributed by atoms with Crippen LogP contribution in [-0.2, 0) is 4.74 Å². The first-order chi connectivity index (χ1) is 13.3. The van der Waals surface area contributed by atoms with E-state index in [1.54, 1.807) is 46.1 Å². The van der Waals surface area contributed by atoms with Crippen LogP contribution in [-0.4, -0.2) is 58.9 Å². The van der Waals surface area contributed by atoms with Crippen molar-refractivity contribution in [3.05, 3.63) is 35.0 Å². The lowest BCUT2D eigenvalue weighted by molar-refractivity contribution is 0.0275. The van der Waals surface area contributed by atoms with Crippen LogP contribution in [0.4, 0.5) is 4.79 Å². The molecule has 1 aromatic carbocycles. The lowest BCUT2D eigenvalue weighted by Crippen LogP contribution is -2.36. The molecule has 2 heterocycles. The topological polar surface area (TPSA) is 123 Å². The maximum Gasteiger partial charge on any atom is 0.410 e. The highest BCUT2D eigenvalue weighted by molar-refractivity contribution is 5.84. The summed E-state index contributed by atoms with van der Waals surface area (Å²) in [5.41, 5.74) is 8.95. The number of ether oxygens (including phenoxy) is 3. The average Bonchev–Trinajstić information content (AvgIpc) is 3.03. The number of rotatable bonds is 4. The number of aromatic nitrogens is 2. The molecule has 3 rings (SSSR count). The highest BCUT2D eigenvalue weighted by atomic mass is 16.6. The van der Waals surface area contributed by atoms with Crippen molar-refractivity contribution in [1.29, 1.82) is 0 Å². The highest BCUT2D eigenvalue weighted by Crippen LogP contribution is 2.29. The van der Waals surface area contributed by atoms with Crippen LogP contribution in [0.5, 0.6) is 11.6 Å². The molecule has 1 aliphatic rings. The van der Waals surface area contributed by atoms with Gasteiger partial charge in [-0.1, -0.05) is 5.11 Å². The van der Waals surface area contributed by atoms with Crippen molar-refractivity contribution >= 4 is 17.0 Å². The van der Waals surface area contributed by atoms with Crippen LogP contribution in [0.25, 0.3) is 21.3 Å². The number of azide groups is 1. The Morgan fingerprint density at radius 3 is 2.79 bits per heavy atom. The number of likely N-dealkylation sites (tertiary alicyclic amines) is 1. The fourth-order valence-electron chi connectivity index (χ4n) is 2.90. The minimum atomic E-state index is -0.622. The van der Waals surface area contributed by atoms with Gasteiger partial charge in [0.2, 0.25) is 5.88 Å². The van der Waals surface area contributed by atoms with E-state index in [0.717, 1.165) is 0 Å². The van der Waals surface area contributed by atoms with Gasteiger partial charge in [0.1, 0.15) is 23.8 Å². The molecule has 28 heavy (non-hydrogen) atoms. The molecule has 2 aromatic rings. The van der Waals surface area contributed by atoms with E-state index in [1.165, 1.54) is 11.2 Å². The number of carbonyl (C=O) groups is 1. The zero-order valence-corrected chi connectivity index (χ0v) is 16.2. The molecule has 10 nitrogen and oxygen atoms in total. The summed E-state index contributed by atoms with van der Waals surface area (Å²) in [6, 6.07) is 4.80. The smallest absolute Gasteiger partial charge is 0.410 e. The van der Waals surface area contributed by atoms with Crippen molar-refractivity contribution in [3.63, 3.8) is 0 Å². The molecule has 0 saturated carbocycles. The molecule has 148 valence electrons. The third-order valence-corrected chi connectivity index (χ3v) is 4.16. The van der Waals surface area contributed by atoms with Gasteiger partial charge in [0, 0.05) is 11.5 Å². The van der Waals surface area contributed by atoms with Crippen LogP contribution in [0.1, 0.15) is 20.8 Å². The molecule has 0 N–H and O–H groups in total. The number of benzene rings is 1. The number of methoxy groups -OCH3 is 1. The molecule has 1 amide bonds. The van der Waals surface area contributed by atoms with Crippen molar-refractivity contribution < 1.29 is 19.0 Å². The minimum Gasteiger partial charge on any atom is -0.497 e. The third kappa shape index (κ3) is 4.34. The van der Waals surface area contributed by atoms with Gasteiger partial charge in [0.15, 0.2) is 0 Å². The first-order valence-electron chi connectivity index (χ1n) is 8.78. The van der Waals surface area contributed by atoms with E-state index < -0.39 is 23.8 Å². The Hall–Kier alpha value is -3.26. The Kier molecular flexibility index (Phi) is 5.41. The second-order valence-corrected chi connectivity index (χ2v) is 7.38. The fraction of sp³-hybridized carbons (Fsp3) is 0.500. The van der Waals surface area contributed by atoms with E-state index in [-0.39, 0.29) is 13.1 Å². The predicted octanol–water partition coefficient (Wildman–Crippen LogP) is 3.32. The van der Waals surface area contributed by atoms with Gasteiger partial charge in [-0.15, -0.1) is 0 Å². The molecule has 1 fully saturated rings. The molecule has 1 aliphatic heterocycles. The van der Waals surface area contributed by atoms with E-state index in [4.69, 9.17) is 19.7 Å². The van der Waals surface area contributed by atoms with Crippen LogP contribution < -0.4 is 9.47 Å². The molecule has 10 heteroatoms. The fourth-order valence-corrected chi connectivity index (χ4v) is 2.90. The summed E-state index contributed by atoms with van der Waals surface area (Å²) in [5.74, 6) is 0.971. The molecule has 0 bridgehead atoms. The van der Waals surface area contributed by atoms with Crippen molar-refractivity contribution in [3.8, 4) is 11.6 Å². The van der Waals surface area contributed by atoms with Crippen molar-refractivity contribution in [2.75, 3.05) is 20.2 Å². The summed E-state index contributed by atoms with van der Waals surface area (Å²) in [6.07, 6.45) is 0.353. The summed E-state index contributed by atoms with van der Waals surface area (Å²) < 4.78 is 16.7. The van der Waals surface area contributed by atoms with E-state index in [0.29, 0.717) is 22.5 Å². The molecule has 0 aliphatic carbocycles. The largest absolute Gasteiger partial charge is 0.497 e. The van der Waals surface area contributed by atoms with E-state index in [1.807, 2.05) is 0 Å². The first kappa shape index (κ1) is 19.5. The number of hydrogen-bond acceptors (Lipinski definition) is 7. The molecular weight excluding hydrogens is 364 g/mol. The molecule has 2 atom stereocenters. The summed E-state index contributed by atoms with van der Waals surface area (Å²) >= 11 is 0. The first-order valence-corrected chi connectivity index (χ1v) is 8.78. The maximum absolute atomic E-state index is 12.4. The number of nitrogens with zero attached hydrogens (tertiary/aromatic N) is 6. The minimum absolute atomic E-state index is 0.204. The number of hydrogen-bond donors (Lipinski definition) is 0. The van der Waals surface area contributed by atoms with Crippen molar-refractivity contribution in [1.82, 2.24) is 14.9 Å². The zero-order valence-electron chi connectivity index (χ0n) is 16.2. The summed E-state index contributed by atoms with van der Waals surface area (Å²) in [6.45, 7) is 5.80. The molecule has 1 saturated heterocycles. The molecule has 0 spiro atoms. The number of fused-ring (bicyclic) bond motifs is 1. The van der Waals surface area contributed by atoms with Crippen molar-refractivity contribution in [2.45, 2.75) is 38.5 Å². The van der Waals surface area contributed by atoms with Gasteiger partial charge < -0.3 is 19.1 Å². The van der Waals surface area contributed by atoms with Gasteiger partial charge in [-0.25, -0.2) is 14.8 Å². The summed E-state index contributed by atoms with van der Waals surface area (Å²) in [7, 11) is 1.57. The number of carbonyl (C=O) groups excluding carboxylic acids is 1. The Morgan fingerprint density at radius 2 is 2.11 bits per heavy atom. The van der Waals surface area contributed by atoms with Crippen LogP contribution in [0.3, 0.4) is 0 Å². The van der Waals surface area contributed by atoms with Gasteiger partial charge in [-0.05, 0) is 44.5 Å². The zero-order chi connectivity index (χ0) is 20.3. The monoisotopic (exact) mass is 386 g/mol. The standard InChI is InChI=1S/C18H22N6O4/c1-18(2,3)28-17(25)24-8-14(22-23-19)15(9-24)27-16-12-7-11(26-4)5-6-13(12)20-10-21-16/h5-7,10,14-15H,8-9H2,1-4H3/t14-,15-/m1/s1. The van der Waals surface area contributed by atoms with Crippen LogP contribution in [0.2, 0.25) is 0 Å². The molecule has 0 radical (unpaired) electrons. The van der Waals surface area contributed by atoms with Crippen LogP contribution >= 0.6 is 0 Å². The Balaban J connectivity index is 1.85. The van der Waals surface area contributed by atoms with Gasteiger partial charge in [-0.3, -0.25) is 0 Å². The van der Waals surface area contributed by atoms with E-state index >= 15 is 0 Å². The normalized spacial score (nSPS) is 19.2. The Labute approximate surface area is 162 Å². The predicted molar refractivity (Wildman–Crippen MR) is 101 cm³/mol. The Morgan fingerprint density at radius 1 is 1.32 bits per heavy atom. The lowest BCUT2D eigenvalue weighted by atomic mass is 10.2. The summed E-state index contributed by atoms with van der Waals surface area (Å²) in [4.78, 5) is 25.2. The number of amides is 1. The van der Waals surface area contributed by atoms with Crippen LogP contribution in [0, 0.1) is 0 Å². The SMILES string of the molecule is COc1ccc2ncnc(O[C@@H]3CN(C(=O)OC(C)(C)C)C[C@H]3N=[N+]=[N-])c2c1. The molecule has 0 unspecified atom stereocenters. The second kappa shape index (κ2) is 7.77. The highest BCUT2D eigenvalue weighted by Gasteiger charge is 2.38. The molecule has 1 aromatic heterocycles. The summed E-state index contributed by atoms with van der Waals surface area (Å²) in [5, 5.41) is 4.45.